The van der Waals surface area contributed by atoms with Gasteiger partial charge < -0.3 is 16.8 Å². The highest BCUT2D eigenvalue weighted by atomic mass is 15.1. The molecule has 0 saturated heterocycles. The number of hydrogen-bond donors (Lipinski definition) is 3. The predicted molar refractivity (Wildman–Crippen MR) is 48.4 cm³/mol. The summed E-state index contributed by atoms with van der Waals surface area (Å²) in [5.41, 5.74) is 10.9. The van der Waals surface area contributed by atoms with Crippen LogP contribution in [0.25, 0.3) is 0 Å². The van der Waals surface area contributed by atoms with Crippen molar-refractivity contribution in [3.63, 3.8) is 0 Å². The molecule has 0 amide bonds. The van der Waals surface area contributed by atoms with Gasteiger partial charge in [-0.05, 0) is 19.8 Å². The van der Waals surface area contributed by atoms with Gasteiger partial charge in [-0.15, -0.1) is 0 Å². The van der Waals surface area contributed by atoms with Crippen LogP contribution in [0.2, 0.25) is 0 Å². The summed E-state index contributed by atoms with van der Waals surface area (Å²) in [6, 6.07) is 0.275. The first kappa shape index (κ1) is 10.2. The Morgan fingerprint density at radius 2 is 2.27 bits per heavy atom. The van der Waals surface area contributed by atoms with E-state index < -0.39 is 0 Å². The molecule has 0 unspecified atom stereocenters. The minimum absolute atomic E-state index is 0.275. The zero-order valence-electron chi connectivity index (χ0n) is 7.30. The second-order valence-corrected chi connectivity index (χ2v) is 2.66. The fourth-order valence-corrected chi connectivity index (χ4v) is 0.720. The monoisotopic (exact) mass is 158 g/mol. The number of nitrogens with one attached hydrogen (secondary N) is 1. The molecule has 0 radical (unpaired) electrons. The molecule has 1 atom stereocenters. The Kier molecular flexibility index (Phi) is 5.56. The summed E-state index contributed by atoms with van der Waals surface area (Å²) >= 11 is 0. The van der Waals surface area contributed by atoms with Crippen LogP contribution in [0.5, 0.6) is 0 Å². The second-order valence-electron chi connectivity index (χ2n) is 2.66. The number of nitrogens with two attached hydrogens (primary N) is 2. The van der Waals surface area contributed by atoms with Crippen LogP contribution in [0.4, 0.5) is 0 Å². The maximum Gasteiger partial charge on any atom is 0.188 e. The molecule has 0 aromatic heterocycles. The van der Waals surface area contributed by atoms with Gasteiger partial charge in [-0.1, -0.05) is 0 Å². The molecule has 66 valence electrons. The average Bonchev–Trinajstić information content (AvgIpc) is 1.97. The third-order valence-corrected chi connectivity index (χ3v) is 1.38. The quantitative estimate of drug-likeness (QED) is 0.297. The molecule has 4 nitrogen and oxygen atoms in total. The Hall–Kier alpha value is -0.770. The Morgan fingerprint density at radius 1 is 1.64 bits per heavy atom. The van der Waals surface area contributed by atoms with E-state index in [2.05, 4.69) is 10.3 Å². The van der Waals surface area contributed by atoms with Crippen molar-refractivity contribution in [1.82, 2.24) is 5.32 Å². The topological polar surface area (TPSA) is 76.4 Å². The van der Waals surface area contributed by atoms with Gasteiger partial charge in [-0.2, -0.15) is 0 Å². The Bertz CT molecular complexity index is 120. The first-order valence-electron chi connectivity index (χ1n) is 3.88. The minimum atomic E-state index is 0.275. The van der Waals surface area contributed by atoms with Gasteiger partial charge in [-0.25, -0.2) is 0 Å². The number of hydrogen-bond acceptors (Lipinski definition) is 2. The lowest BCUT2D eigenvalue weighted by Crippen LogP contribution is -2.32. The molecule has 11 heavy (non-hydrogen) atoms. The first-order valence-corrected chi connectivity index (χ1v) is 3.88. The lowest BCUT2D eigenvalue weighted by Gasteiger charge is -2.06. The van der Waals surface area contributed by atoms with Gasteiger partial charge in [0.25, 0.3) is 0 Å². The van der Waals surface area contributed by atoms with E-state index in [9.17, 15) is 0 Å². The predicted octanol–water partition coefficient (Wildman–Crippen LogP) is -0.352. The number of aliphatic imine (C=N–C) groups is 1. The molecule has 4 heteroatoms. The summed E-state index contributed by atoms with van der Waals surface area (Å²) in [7, 11) is 1.66. The smallest absolute Gasteiger partial charge is 0.188 e. The van der Waals surface area contributed by atoms with E-state index in [4.69, 9.17) is 11.5 Å². The van der Waals surface area contributed by atoms with Crippen molar-refractivity contribution in [2.45, 2.75) is 25.8 Å². The van der Waals surface area contributed by atoms with Gasteiger partial charge in [0, 0.05) is 19.6 Å². The zero-order valence-corrected chi connectivity index (χ0v) is 7.30. The third-order valence-electron chi connectivity index (χ3n) is 1.38. The molecule has 0 aliphatic heterocycles. The molecular weight excluding hydrogens is 140 g/mol. The van der Waals surface area contributed by atoms with Gasteiger partial charge in [0.15, 0.2) is 5.96 Å². The van der Waals surface area contributed by atoms with Gasteiger partial charge in [0.05, 0.1) is 0 Å². The standard InChI is InChI=1S/C7H18N4/c1-6(8)4-3-5-11-7(9)10-2/h6H,3-5,8H2,1-2H3,(H3,9,10,11)/t6-/m1/s1. The van der Waals surface area contributed by atoms with Crippen molar-refractivity contribution in [3.05, 3.63) is 0 Å². The van der Waals surface area contributed by atoms with Crippen LogP contribution in [-0.4, -0.2) is 25.6 Å². The normalized spacial score (nSPS) is 14.6. The summed E-state index contributed by atoms with van der Waals surface area (Å²) in [5.74, 6) is 0.495. The van der Waals surface area contributed by atoms with Gasteiger partial charge >= 0.3 is 0 Å². The largest absolute Gasteiger partial charge is 0.370 e. The minimum Gasteiger partial charge on any atom is -0.370 e. The number of rotatable bonds is 4. The van der Waals surface area contributed by atoms with E-state index in [1.807, 2.05) is 6.92 Å². The van der Waals surface area contributed by atoms with Crippen molar-refractivity contribution in [1.29, 1.82) is 0 Å². The average molecular weight is 158 g/mol. The highest BCUT2D eigenvalue weighted by Gasteiger charge is 1.93. The van der Waals surface area contributed by atoms with Crippen LogP contribution in [0, 0.1) is 0 Å². The molecule has 0 saturated carbocycles. The molecular formula is C7H18N4. The van der Waals surface area contributed by atoms with Crippen LogP contribution in [0.1, 0.15) is 19.8 Å². The van der Waals surface area contributed by atoms with Crippen LogP contribution in [0.3, 0.4) is 0 Å². The lowest BCUT2D eigenvalue weighted by molar-refractivity contribution is 0.615. The van der Waals surface area contributed by atoms with Crippen molar-refractivity contribution in [3.8, 4) is 0 Å². The van der Waals surface area contributed by atoms with Gasteiger partial charge in [0.2, 0.25) is 0 Å². The van der Waals surface area contributed by atoms with E-state index >= 15 is 0 Å². The molecule has 0 heterocycles. The molecule has 0 fully saturated rings. The van der Waals surface area contributed by atoms with Crippen molar-refractivity contribution in [2.24, 2.45) is 16.5 Å². The van der Waals surface area contributed by atoms with Crippen molar-refractivity contribution < 1.29 is 0 Å². The Balaban J connectivity index is 3.15. The molecule has 0 aromatic rings. The SMILES string of the molecule is CN=C(N)NCCC[C@@H](C)N. The number of guanidine groups is 1. The summed E-state index contributed by atoms with van der Waals surface area (Å²) in [6.07, 6.45) is 2.05. The maximum atomic E-state index is 5.55. The fraction of sp³-hybridized carbons (Fsp3) is 0.857. The van der Waals surface area contributed by atoms with Crippen molar-refractivity contribution in [2.75, 3.05) is 13.6 Å². The van der Waals surface area contributed by atoms with Crippen LogP contribution in [0.15, 0.2) is 4.99 Å². The van der Waals surface area contributed by atoms with E-state index in [1.54, 1.807) is 7.05 Å². The highest BCUT2D eigenvalue weighted by molar-refractivity contribution is 5.77. The van der Waals surface area contributed by atoms with E-state index in [0.717, 1.165) is 19.4 Å². The van der Waals surface area contributed by atoms with Crippen molar-refractivity contribution >= 4 is 5.96 Å². The third kappa shape index (κ3) is 7.12. The Labute approximate surface area is 68.1 Å². The van der Waals surface area contributed by atoms with E-state index in [1.165, 1.54) is 0 Å². The Morgan fingerprint density at radius 3 is 2.73 bits per heavy atom. The van der Waals surface area contributed by atoms with E-state index in [0.29, 0.717) is 5.96 Å². The summed E-state index contributed by atoms with van der Waals surface area (Å²) in [5, 5.41) is 2.96. The molecule has 0 rings (SSSR count). The molecule has 0 aromatic carbocycles. The summed E-state index contributed by atoms with van der Waals surface area (Å²) < 4.78 is 0. The second kappa shape index (κ2) is 5.97. The van der Waals surface area contributed by atoms with Gasteiger partial charge in [-0.3, -0.25) is 4.99 Å². The summed E-state index contributed by atoms with van der Waals surface area (Å²) in [6.45, 7) is 2.85. The first-order chi connectivity index (χ1) is 5.16. The summed E-state index contributed by atoms with van der Waals surface area (Å²) in [4.78, 5) is 3.76. The lowest BCUT2D eigenvalue weighted by atomic mass is 10.2. The van der Waals surface area contributed by atoms with E-state index in [-0.39, 0.29) is 6.04 Å². The molecule has 0 spiro atoms. The zero-order chi connectivity index (χ0) is 8.69. The highest BCUT2D eigenvalue weighted by Crippen LogP contribution is 1.90. The maximum absolute atomic E-state index is 5.55. The van der Waals surface area contributed by atoms with Crippen LogP contribution in [-0.2, 0) is 0 Å². The fourth-order valence-electron chi connectivity index (χ4n) is 0.720. The number of nitrogens with zero attached hydrogens (tertiary/aromatic N) is 1. The van der Waals surface area contributed by atoms with Crippen LogP contribution >= 0.6 is 0 Å². The molecule has 0 aliphatic carbocycles. The van der Waals surface area contributed by atoms with Gasteiger partial charge in [0.1, 0.15) is 0 Å². The molecule has 0 bridgehead atoms. The molecule has 0 aliphatic rings. The molecule has 5 N–H and O–H groups in total. The van der Waals surface area contributed by atoms with Crippen LogP contribution < -0.4 is 16.8 Å².